The summed E-state index contributed by atoms with van der Waals surface area (Å²) in [6, 6.07) is 7.90. The molecule has 1 aromatic carbocycles. The van der Waals surface area contributed by atoms with Gasteiger partial charge in [0, 0.05) is 13.1 Å². The summed E-state index contributed by atoms with van der Waals surface area (Å²) >= 11 is 0. The van der Waals surface area contributed by atoms with E-state index in [1.165, 1.54) is 0 Å². The van der Waals surface area contributed by atoms with Crippen molar-refractivity contribution in [3.8, 4) is 0 Å². The average Bonchev–Trinajstić information content (AvgIpc) is 3.24. The van der Waals surface area contributed by atoms with E-state index < -0.39 is 0 Å². The van der Waals surface area contributed by atoms with Gasteiger partial charge in [-0.15, -0.1) is 0 Å². The van der Waals surface area contributed by atoms with Crippen molar-refractivity contribution in [3.05, 3.63) is 47.1 Å². The summed E-state index contributed by atoms with van der Waals surface area (Å²) in [7, 11) is 0. The van der Waals surface area contributed by atoms with Crippen molar-refractivity contribution in [3.63, 3.8) is 0 Å². The number of aryl methyl sites for hydroxylation is 1. The minimum atomic E-state index is -0.104. The largest absolute Gasteiger partial charge is 0.374 e. The van der Waals surface area contributed by atoms with Gasteiger partial charge in [0.2, 0.25) is 5.89 Å². The number of hydrogen-bond donors (Lipinski definition) is 1. The van der Waals surface area contributed by atoms with Crippen molar-refractivity contribution in [2.45, 2.75) is 31.9 Å². The van der Waals surface area contributed by atoms with E-state index in [-0.39, 0.29) is 18.0 Å². The van der Waals surface area contributed by atoms with E-state index >= 15 is 0 Å². The predicted octanol–water partition coefficient (Wildman–Crippen LogP) is 2.15. The van der Waals surface area contributed by atoms with Crippen molar-refractivity contribution in [1.29, 1.82) is 0 Å². The van der Waals surface area contributed by atoms with Gasteiger partial charge in [-0.05, 0) is 24.5 Å². The molecule has 126 valence electrons. The molecule has 0 saturated carbocycles. The summed E-state index contributed by atoms with van der Waals surface area (Å²) in [6.45, 7) is 4.19. The molecule has 1 aromatic heterocycles. The lowest BCUT2D eigenvalue weighted by atomic mass is 9.99. The number of amides is 2. The van der Waals surface area contributed by atoms with Crippen LogP contribution in [0.4, 0.5) is 4.79 Å². The Morgan fingerprint density at radius 1 is 1.38 bits per heavy atom. The SMILES string of the molecule is Cc1noc(C2CCN(C(=O)NC3COCc4ccccc43)C2)n1. The highest BCUT2D eigenvalue weighted by Crippen LogP contribution is 2.28. The van der Waals surface area contributed by atoms with E-state index in [9.17, 15) is 4.79 Å². The first-order chi connectivity index (χ1) is 11.7. The Hall–Kier alpha value is -2.41. The lowest BCUT2D eigenvalue weighted by molar-refractivity contribution is 0.0824. The molecule has 1 saturated heterocycles. The first kappa shape index (κ1) is 15.1. The minimum Gasteiger partial charge on any atom is -0.374 e. The number of ether oxygens (including phenoxy) is 1. The third-order valence-corrected chi connectivity index (χ3v) is 4.64. The molecular weight excluding hydrogens is 308 g/mol. The molecule has 2 amide bonds. The first-order valence-electron chi connectivity index (χ1n) is 8.22. The van der Waals surface area contributed by atoms with Gasteiger partial charge in [0.1, 0.15) is 0 Å². The van der Waals surface area contributed by atoms with Crippen molar-refractivity contribution < 1.29 is 14.1 Å². The zero-order valence-corrected chi connectivity index (χ0v) is 13.6. The van der Waals surface area contributed by atoms with Crippen molar-refractivity contribution in [1.82, 2.24) is 20.4 Å². The van der Waals surface area contributed by atoms with Crippen molar-refractivity contribution in [2.75, 3.05) is 19.7 Å². The van der Waals surface area contributed by atoms with E-state index in [2.05, 4.69) is 21.5 Å². The Labute approximate surface area is 140 Å². The molecule has 24 heavy (non-hydrogen) atoms. The predicted molar refractivity (Wildman–Crippen MR) is 85.3 cm³/mol. The third kappa shape index (κ3) is 2.87. The summed E-state index contributed by atoms with van der Waals surface area (Å²) in [5, 5.41) is 6.92. The van der Waals surface area contributed by atoms with Gasteiger partial charge in [-0.2, -0.15) is 4.98 Å². The lowest BCUT2D eigenvalue weighted by Crippen LogP contribution is -2.42. The van der Waals surface area contributed by atoms with Gasteiger partial charge in [-0.3, -0.25) is 0 Å². The van der Waals surface area contributed by atoms with Crippen molar-refractivity contribution in [2.24, 2.45) is 0 Å². The second-order valence-corrected chi connectivity index (χ2v) is 6.33. The van der Waals surface area contributed by atoms with Crippen LogP contribution in [-0.4, -0.2) is 40.8 Å². The number of carbonyl (C=O) groups excluding carboxylic acids is 1. The fourth-order valence-electron chi connectivity index (χ4n) is 3.37. The first-order valence-corrected chi connectivity index (χ1v) is 8.22. The van der Waals surface area contributed by atoms with Gasteiger partial charge in [-0.1, -0.05) is 29.4 Å². The molecule has 2 aromatic rings. The summed E-state index contributed by atoms with van der Waals surface area (Å²) < 4.78 is 10.8. The van der Waals surface area contributed by atoms with Crippen LogP contribution in [0.15, 0.2) is 28.8 Å². The zero-order chi connectivity index (χ0) is 16.5. The van der Waals surface area contributed by atoms with E-state index in [0.29, 0.717) is 38.0 Å². The van der Waals surface area contributed by atoms with Crippen LogP contribution >= 0.6 is 0 Å². The molecule has 0 spiro atoms. The van der Waals surface area contributed by atoms with Crippen LogP contribution in [0.5, 0.6) is 0 Å². The van der Waals surface area contributed by atoms with Crippen LogP contribution in [0.1, 0.15) is 41.2 Å². The Balaban J connectivity index is 1.41. The molecule has 2 unspecified atom stereocenters. The van der Waals surface area contributed by atoms with Crippen LogP contribution in [-0.2, 0) is 11.3 Å². The van der Waals surface area contributed by atoms with Gasteiger partial charge < -0.3 is 19.5 Å². The van der Waals surface area contributed by atoms with Gasteiger partial charge in [0.25, 0.3) is 0 Å². The van der Waals surface area contributed by atoms with Gasteiger partial charge in [0.05, 0.1) is 25.2 Å². The second kappa shape index (κ2) is 6.24. The fraction of sp³-hybridized carbons (Fsp3) is 0.471. The average molecular weight is 328 g/mol. The van der Waals surface area contributed by atoms with Crippen molar-refractivity contribution >= 4 is 6.03 Å². The number of nitrogens with zero attached hydrogens (tertiary/aromatic N) is 3. The molecule has 0 radical (unpaired) electrons. The number of likely N-dealkylation sites (tertiary alicyclic amines) is 1. The molecule has 4 rings (SSSR count). The monoisotopic (exact) mass is 328 g/mol. The van der Waals surface area contributed by atoms with Crippen LogP contribution in [0.3, 0.4) is 0 Å². The molecule has 2 aliphatic rings. The smallest absolute Gasteiger partial charge is 0.317 e. The molecule has 7 nitrogen and oxygen atoms in total. The molecule has 0 aliphatic carbocycles. The number of nitrogens with one attached hydrogen (secondary N) is 1. The maximum atomic E-state index is 12.6. The molecule has 0 bridgehead atoms. The summed E-state index contributed by atoms with van der Waals surface area (Å²) in [4.78, 5) is 18.7. The third-order valence-electron chi connectivity index (χ3n) is 4.64. The summed E-state index contributed by atoms with van der Waals surface area (Å²) in [5.74, 6) is 1.37. The van der Waals surface area contributed by atoms with E-state index in [4.69, 9.17) is 9.26 Å². The number of carbonyl (C=O) groups is 1. The fourth-order valence-corrected chi connectivity index (χ4v) is 3.37. The Kier molecular flexibility index (Phi) is 3.93. The van der Waals surface area contributed by atoms with Crippen LogP contribution in [0.2, 0.25) is 0 Å². The number of hydrogen-bond acceptors (Lipinski definition) is 5. The van der Waals surface area contributed by atoms with Gasteiger partial charge in [0.15, 0.2) is 5.82 Å². The quantitative estimate of drug-likeness (QED) is 0.913. The Morgan fingerprint density at radius 3 is 3.08 bits per heavy atom. The maximum Gasteiger partial charge on any atom is 0.317 e. The van der Waals surface area contributed by atoms with Crippen LogP contribution in [0, 0.1) is 6.92 Å². The highest BCUT2D eigenvalue weighted by molar-refractivity contribution is 5.75. The van der Waals surface area contributed by atoms with E-state index in [0.717, 1.165) is 17.5 Å². The molecule has 2 aliphatic heterocycles. The molecule has 1 N–H and O–H groups in total. The molecule has 1 fully saturated rings. The van der Waals surface area contributed by atoms with Crippen LogP contribution in [0.25, 0.3) is 0 Å². The number of urea groups is 1. The number of benzene rings is 1. The zero-order valence-electron chi connectivity index (χ0n) is 13.6. The molecular formula is C17H20N4O3. The van der Waals surface area contributed by atoms with E-state index in [1.54, 1.807) is 11.8 Å². The number of rotatable bonds is 2. The second-order valence-electron chi connectivity index (χ2n) is 6.33. The minimum absolute atomic E-state index is 0.0703. The number of aromatic nitrogens is 2. The summed E-state index contributed by atoms with van der Waals surface area (Å²) in [6.07, 6.45) is 0.840. The van der Waals surface area contributed by atoms with Crippen LogP contribution < -0.4 is 5.32 Å². The van der Waals surface area contributed by atoms with E-state index in [1.807, 2.05) is 18.2 Å². The Bertz CT molecular complexity index is 745. The standard InChI is InChI=1S/C17H20N4O3/c1-11-18-16(24-20-11)12-6-7-21(8-12)17(22)19-15-10-23-9-13-4-2-3-5-14(13)15/h2-5,12,15H,6-10H2,1H3,(H,19,22). The highest BCUT2D eigenvalue weighted by Gasteiger charge is 2.32. The normalized spacial score (nSPS) is 23.1. The van der Waals surface area contributed by atoms with Gasteiger partial charge in [-0.25, -0.2) is 4.79 Å². The molecule has 7 heteroatoms. The number of fused-ring (bicyclic) bond motifs is 1. The highest BCUT2D eigenvalue weighted by atomic mass is 16.5. The Morgan fingerprint density at radius 2 is 2.25 bits per heavy atom. The topological polar surface area (TPSA) is 80.5 Å². The lowest BCUT2D eigenvalue weighted by Gasteiger charge is -2.28. The molecule has 2 atom stereocenters. The summed E-state index contributed by atoms with van der Waals surface area (Å²) in [5.41, 5.74) is 2.27. The maximum absolute atomic E-state index is 12.6. The molecule has 3 heterocycles. The van der Waals surface area contributed by atoms with Gasteiger partial charge >= 0.3 is 6.03 Å².